The van der Waals surface area contributed by atoms with Crippen molar-refractivity contribution in [1.82, 2.24) is 10.2 Å². The van der Waals surface area contributed by atoms with Gasteiger partial charge >= 0.3 is 0 Å². The van der Waals surface area contributed by atoms with Crippen molar-refractivity contribution in [3.05, 3.63) is 34.3 Å². The van der Waals surface area contributed by atoms with Crippen molar-refractivity contribution in [3.63, 3.8) is 0 Å². The van der Waals surface area contributed by atoms with Gasteiger partial charge in [0.2, 0.25) is 0 Å². The minimum absolute atomic E-state index is 0.440. The molecule has 0 amide bonds. The predicted molar refractivity (Wildman–Crippen MR) is 85.2 cm³/mol. The Bertz CT molecular complexity index is 411. The van der Waals surface area contributed by atoms with Crippen LogP contribution in [0, 0.1) is 11.3 Å². The Kier molecular flexibility index (Phi) is 5.04. The quantitative estimate of drug-likeness (QED) is 0.891. The van der Waals surface area contributed by atoms with E-state index in [1.54, 1.807) is 0 Å². The predicted octanol–water partition coefficient (Wildman–Crippen LogP) is 3.52. The molecule has 2 rings (SSSR count). The smallest absolute Gasteiger partial charge is 0.0242 e. The first kappa shape index (κ1) is 15.0. The summed E-state index contributed by atoms with van der Waals surface area (Å²) in [6, 6.07) is 8.52. The fourth-order valence-electron chi connectivity index (χ4n) is 3.08. The van der Waals surface area contributed by atoms with E-state index < -0.39 is 0 Å². The highest BCUT2D eigenvalue weighted by molar-refractivity contribution is 9.10. The summed E-state index contributed by atoms with van der Waals surface area (Å²) in [4.78, 5) is 2.47. The van der Waals surface area contributed by atoms with E-state index in [9.17, 15) is 0 Å². The number of hydrogen-bond acceptors (Lipinski definition) is 2. The number of rotatable bonds is 5. The van der Waals surface area contributed by atoms with Gasteiger partial charge in [-0.25, -0.2) is 0 Å². The van der Waals surface area contributed by atoms with Crippen LogP contribution in [0.25, 0.3) is 0 Å². The second-order valence-electron chi connectivity index (χ2n) is 6.21. The first-order valence-electron chi connectivity index (χ1n) is 7.16. The Balaban J connectivity index is 2.01. The summed E-state index contributed by atoms with van der Waals surface area (Å²) in [6.07, 6.45) is 1.30. The van der Waals surface area contributed by atoms with E-state index in [0.29, 0.717) is 5.41 Å². The zero-order valence-electron chi connectivity index (χ0n) is 12.2. The molecule has 1 N–H and O–H groups in total. The van der Waals surface area contributed by atoms with E-state index >= 15 is 0 Å². The molecule has 1 aliphatic rings. The molecule has 0 bridgehead atoms. The van der Waals surface area contributed by atoms with Crippen LogP contribution >= 0.6 is 15.9 Å². The van der Waals surface area contributed by atoms with Gasteiger partial charge in [0.05, 0.1) is 0 Å². The molecule has 19 heavy (non-hydrogen) atoms. The normalized spacial score (nSPS) is 23.5. The molecule has 2 nitrogen and oxygen atoms in total. The third-order valence-corrected chi connectivity index (χ3v) is 5.26. The van der Waals surface area contributed by atoms with Gasteiger partial charge < -0.3 is 10.2 Å². The lowest BCUT2D eigenvalue weighted by Gasteiger charge is -2.36. The molecule has 0 saturated carbocycles. The highest BCUT2D eigenvalue weighted by Crippen LogP contribution is 2.35. The lowest BCUT2D eigenvalue weighted by atomic mass is 9.76. The van der Waals surface area contributed by atoms with Gasteiger partial charge in [0, 0.05) is 24.1 Å². The molecule has 0 aromatic heterocycles. The lowest BCUT2D eigenvalue weighted by molar-refractivity contribution is 0.132. The van der Waals surface area contributed by atoms with Crippen molar-refractivity contribution in [2.45, 2.75) is 26.8 Å². The topological polar surface area (TPSA) is 15.3 Å². The van der Waals surface area contributed by atoms with E-state index in [1.165, 1.54) is 29.5 Å². The average Bonchev–Trinajstić information content (AvgIpc) is 2.82. The molecular formula is C16H25BrN2. The van der Waals surface area contributed by atoms with Gasteiger partial charge in [-0.1, -0.05) is 48.0 Å². The minimum Gasteiger partial charge on any atom is -0.316 e. The monoisotopic (exact) mass is 324 g/mol. The fraction of sp³-hybridized carbons (Fsp3) is 0.625. The molecule has 106 valence electrons. The maximum absolute atomic E-state index is 3.64. The highest BCUT2D eigenvalue weighted by Gasteiger charge is 2.37. The first-order valence-corrected chi connectivity index (χ1v) is 7.95. The summed E-state index contributed by atoms with van der Waals surface area (Å²) in [7, 11) is 2.24. The zero-order valence-corrected chi connectivity index (χ0v) is 13.8. The molecule has 0 aliphatic carbocycles. The summed E-state index contributed by atoms with van der Waals surface area (Å²) < 4.78 is 1.21. The van der Waals surface area contributed by atoms with E-state index in [-0.39, 0.29) is 0 Å². The molecule has 0 radical (unpaired) electrons. The van der Waals surface area contributed by atoms with Crippen LogP contribution in [0.4, 0.5) is 0 Å². The third kappa shape index (κ3) is 3.59. The highest BCUT2D eigenvalue weighted by atomic mass is 79.9. The summed E-state index contributed by atoms with van der Waals surface area (Å²) in [6.45, 7) is 9.22. The Morgan fingerprint density at radius 3 is 2.68 bits per heavy atom. The third-order valence-electron chi connectivity index (χ3n) is 4.48. The molecule has 1 heterocycles. The van der Waals surface area contributed by atoms with Gasteiger partial charge in [0.1, 0.15) is 0 Å². The molecular weight excluding hydrogens is 300 g/mol. The van der Waals surface area contributed by atoms with Gasteiger partial charge in [0.15, 0.2) is 0 Å². The van der Waals surface area contributed by atoms with Crippen LogP contribution in [-0.2, 0) is 6.54 Å². The number of hydrogen-bond donors (Lipinski definition) is 1. The van der Waals surface area contributed by atoms with Crippen LogP contribution in [0.2, 0.25) is 0 Å². The number of nitrogens with one attached hydrogen (secondary N) is 1. The van der Waals surface area contributed by atoms with E-state index in [0.717, 1.165) is 19.0 Å². The summed E-state index contributed by atoms with van der Waals surface area (Å²) in [5.41, 5.74) is 1.81. The number of nitrogens with zero attached hydrogens (tertiary/aromatic N) is 1. The van der Waals surface area contributed by atoms with Crippen molar-refractivity contribution in [2.75, 3.05) is 26.7 Å². The average molecular weight is 325 g/mol. The zero-order chi connectivity index (χ0) is 13.9. The van der Waals surface area contributed by atoms with Gasteiger partial charge in [-0.3, -0.25) is 0 Å². The largest absolute Gasteiger partial charge is 0.316 e. The van der Waals surface area contributed by atoms with Crippen LogP contribution in [0.15, 0.2) is 28.7 Å². The second kappa shape index (κ2) is 6.38. The van der Waals surface area contributed by atoms with Crippen molar-refractivity contribution >= 4 is 15.9 Å². The van der Waals surface area contributed by atoms with Gasteiger partial charge in [-0.2, -0.15) is 0 Å². The van der Waals surface area contributed by atoms with Crippen molar-refractivity contribution in [2.24, 2.45) is 11.3 Å². The van der Waals surface area contributed by atoms with Gasteiger partial charge in [0.25, 0.3) is 0 Å². The molecule has 1 saturated heterocycles. The van der Waals surface area contributed by atoms with Crippen LogP contribution < -0.4 is 5.32 Å². The molecule has 1 atom stereocenters. The van der Waals surface area contributed by atoms with E-state index in [1.807, 2.05) is 0 Å². The Labute approximate surface area is 125 Å². The number of halogens is 1. The van der Waals surface area contributed by atoms with E-state index in [2.05, 4.69) is 71.3 Å². The van der Waals surface area contributed by atoms with Crippen LogP contribution in [-0.4, -0.2) is 31.6 Å². The minimum atomic E-state index is 0.440. The number of benzene rings is 1. The summed E-state index contributed by atoms with van der Waals surface area (Å²) in [5.74, 6) is 0.726. The van der Waals surface area contributed by atoms with Crippen molar-refractivity contribution in [1.29, 1.82) is 0 Å². The summed E-state index contributed by atoms with van der Waals surface area (Å²) in [5, 5.41) is 3.54. The standard InChI is InChI=1S/C16H25BrN2/c1-13(2)16(8-9-18-11-16)12-19(3)10-14-6-4-5-7-15(14)17/h4-7,13,18H,8-12H2,1-3H3. The molecule has 1 unspecified atom stereocenters. The van der Waals surface area contributed by atoms with Crippen molar-refractivity contribution < 1.29 is 0 Å². The van der Waals surface area contributed by atoms with Crippen LogP contribution in [0.5, 0.6) is 0 Å². The fourth-order valence-corrected chi connectivity index (χ4v) is 3.49. The molecule has 1 fully saturated rings. The van der Waals surface area contributed by atoms with Gasteiger partial charge in [-0.15, -0.1) is 0 Å². The molecule has 1 aromatic carbocycles. The molecule has 0 spiro atoms. The molecule has 1 aromatic rings. The SMILES string of the molecule is CC(C)C1(CN(C)Cc2ccccc2Br)CCNC1. The maximum Gasteiger partial charge on any atom is 0.0242 e. The van der Waals surface area contributed by atoms with Crippen LogP contribution in [0.3, 0.4) is 0 Å². The first-order chi connectivity index (χ1) is 9.03. The summed E-state index contributed by atoms with van der Waals surface area (Å²) >= 11 is 3.64. The van der Waals surface area contributed by atoms with Crippen molar-refractivity contribution in [3.8, 4) is 0 Å². The Morgan fingerprint density at radius 1 is 1.37 bits per heavy atom. The maximum atomic E-state index is 3.64. The molecule has 3 heteroatoms. The second-order valence-corrected chi connectivity index (χ2v) is 7.06. The van der Waals surface area contributed by atoms with E-state index in [4.69, 9.17) is 0 Å². The molecule has 1 aliphatic heterocycles. The Hall–Kier alpha value is -0.380. The Morgan fingerprint density at radius 2 is 2.11 bits per heavy atom. The van der Waals surface area contributed by atoms with Gasteiger partial charge in [-0.05, 0) is 43.0 Å². The lowest BCUT2D eigenvalue weighted by Crippen LogP contribution is -2.41. The van der Waals surface area contributed by atoms with Crippen LogP contribution in [0.1, 0.15) is 25.8 Å².